The fourth-order valence-electron chi connectivity index (χ4n) is 2.90. The summed E-state index contributed by atoms with van der Waals surface area (Å²) in [5.74, 6) is 1.34. The molecular formula is C18H28N2O2S. The number of nitrogens with zero attached hydrogens (tertiary/aromatic N) is 2. The van der Waals surface area contributed by atoms with E-state index in [9.17, 15) is 9.90 Å². The van der Waals surface area contributed by atoms with Crippen LogP contribution in [0.3, 0.4) is 0 Å². The SMILES string of the molecule is CC(CCCC(C)(C)O)CC1SCC(=O)N1Cc1ccccn1. The molecule has 1 aliphatic rings. The monoisotopic (exact) mass is 336 g/mol. The second kappa shape index (κ2) is 8.15. The Morgan fingerprint density at radius 2 is 2.26 bits per heavy atom. The maximum atomic E-state index is 12.2. The minimum Gasteiger partial charge on any atom is -0.390 e. The van der Waals surface area contributed by atoms with E-state index in [1.54, 1.807) is 18.0 Å². The largest absolute Gasteiger partial charge is 0.390 e. The van der Waals surface area contributed by atoms with Crippen LogP contribution in [0, 0.1) is 5.92 Å². The summed E-state index contributed by atoms with van der Waals surface area (Å²) in [6, 6.07) is 5.83. The predicted molar refractivity (Wildman–Crippen MR) is 95.0 cm³/mol. The van der Waals surface area contributed by atoms with Crippen LogP contribution in [-0.2, 0) is 11.3 Å². The van der Waals surface area contributed by atoms with Crippen LogP contribution in [0.2, 0.25) is 0 Å². The minimum absolute atomic E-state index is 0.217. The van der Waals surface area contributed by atoms with Gasteiger partial charge in [-0.2, -0.15) is 0 Å². The van der Waals surface area contributed by atoms with Crippen LogP contribution in [-0.4, -0.2) is 37.6 Å². The number of aromatic nitrogens is 1. The fraction of sp³-hybridized carbons (Fsp3) is 0.667. The van der Waals surface area contributed by atoms with Crippen molar-refractivity contribution in [3.05, 3.63) is 30.1 Å². The van der Waals surface area contributed by atoms with Crippen molar-refractivity contribution in [2.45, 2.75) is 64.0 Å². The van der Waals surface area contributed by atoms with Gasteiger partial charge in [0.15, 0.2) is 0 Å². The number of hydrogen-bond acceptors (Lipinski definition) is 4. The Kier molecular flexibility index (Phi) is 6.48. The zero-order valence-electron chi connectivity index (χ0n) is 14.4. The molecule has 23 heavy (non-hydrogen) atoms. The maximum Gasteiger partial charge on any atom is 0.233 e. The molecule has 1 N–H and O–H groups in total. The third-order valence-electron chi connectivity index (χ3n) is 4.22. The molecule has 0 aliphatic carbocycles. The highest BCUT2D eigenvalue weighted by atomic mass is 32.2. The van der Waals surface area contributed by atoms with Gasteiger partial charge >= 0.3 is 0 Å². The smallest absolute Gasteiger partial charge is 0.233 e. The van der Waals surface area contributed by atoms with E-state index in [1.165, 1.54) is 0 Å². The van der Waals surface area contributed by atoms with Gasteiger partial charge in [-0.3, -0.25) is 9.78 Å². The number of thioether (sulfide) groups is 1. The van der Waals surface area contributed by atoms with E-state index in [-0.39, 0.29) is 11.3 Å². The molecule has 0 saturated carbocycles. The number of rotatable bonds is 8. The Morgan fingerprint density at radius 1 is 1.48 bits per heavy atom. The molecular weight excluding hydrogens is 308 g/mol. The lowest BCUT2D eigenvalue weighted by Crippen LogP contribution is -2.33. The van der Waals surface area contributed by atoms with Crippen molar-refractivity contribution in [3.63, 3.8) is 0 Å². The summed E-state index contributed by atoms with van der Waals surface area (Å²) in [5.41, 5.74) is 0.367. The van der Waals surface area contributed by atoms with Gasteiger partial charge in [0.2, 0.25) is 5.91 Å². The molecule has 4 nitrogen and oxygen atoms in total. The van der Waals surface area contributed by atoms with Crippen molar-refractivity contribution in [1.29, 1.82) is 0 Å². The summed E-state index contributed by atoms with van der Waals surface area (Å²) < 4.78 is 0. The zero-order chi connectivity index (χ0) is 16.9. The van der Waals surface area contributed by atoms with E-state index in [0.29, 0.717) is 18.2 Å². The summed E-state index contributed by atoms with van der Waals surface area (Å²) in [6.07, 6.45) is 5.72. The van der Waals surface area contributed by atoms with Gasteiger partial charge in [0.25, 0.3) is 0 Å². The number of carbonyl (C=O) groups excluding carboxylic acids is 1. The van der Waals surface area contributed by atoms with Gasteiger partial charge in [-0.05, 0) is 44.7 Å². The lowest BCUT2D eigenvalue weighted by Gasteiger charge is -2.26. The maximum absolute atomic E-state index is 12.2. The summed E-state index contributed by atoms with van der Waals surface area (Å²) in [4.78, 5) is 18.5. The molecule has 2 unspecified atom stereocenters. The predicted octanol–water partition coefficient (Wildman–Crippen LogP) is 3.45. The molecule has 1 saturated heterocycles. The van der Waals surface area contributed by atoms with E-state index < -0.39 is 5.60 Å². The zero-order valence-corrected chi connectivity index (χ0v) is 15.2. The Morgan fingerprint density at radius 3 is 2.91 bits per heavy atom. The van der Waals surface area contributed by atoms with Crippen LogP contribution in [0.15, 0.2) is 24.4 Å². The molecule has 1 aromatic heterocycles. The normalized spacial score (nSPS) is 20.1. The van der Waals surface area contributed by atoms with Gasteiger partial charge in [0.1, 0.15) is 0 Å². The Bertz CT molecular complexity index is 501. The van der Waals surface area contributed by atoms with Crippen molar-refractivity contribution >= 4 is 17.7 Å². The molecule has 1 amide bonds. The molecule has 1 aromatic rings. The number of hydrogen-bond donors (Lipinski definition) is 1. The van der Waals surface area contributed by atoms with Gasteiger partial charge < -0.3 is 10.0 Å². The first-order valence-corrected chi connectivity index (χ1v) is 9.43. The van der Waals surface area contributed by atoms with Gasteiger partial charge in [-0.1, -0.05) is 25.8 Å². The number of aliphatic hydroxyl groups is 1. The first kappa shape index (κ1) is 18.3. The van der Waals surface area contributed by atoms with Crippen molar-refractivity contribution in [2.24, 2.45) is 5.92 Å². The van der Waals surface area contributed by atoms with Crippen LogP contribution in [0.25, 0.3) is 0 Å². The number of carbonyl (C=O) groups is 1. The standard InChI is InChI=1S/C18H28N2O2S/c1-14(7-6-9-18(2,3)22)11-17-20(16(21)13-23-17)12-15-8-4-5-10-19-15/h4-5,8,10,14,17,22H,6-7,9,11-13H2,1-3H3. The molecule has 2 atom stereocenters. The van der Waals surface area contributed by atoms with Crippen molar-refractivity contribution in [2.75, 3.05) is 5.75 Å². The van der Waals surface area contributed by atoms with Crippen LogP contribution in [0.1, 0.15) is 52.1 Å². The average molecular weight is 337 g/mol. The molecule has 1 aliphatic heterocycles. The van der Waals surface area contributed by atoms with Crippen molar-refractivity contribution < 1.29 is 9.90 Å². The minimum atomic E-state index is -0.581. The Labute approximate surface area is 143 Å². The molecule has 0 bridgehead atoms. The van der Waals surface area contributed by atoms with Gasteiger partial charge in [-0.15, -0.1) is 11.8 Å². The summed E-state index contributed by atoms with van der Waals surface area (Å²) in [7, 11) is 0. The molecule has 2 rings (SSSR count). The van der Waals surface area contributed by atoms with Gasteiger partial charge in [0.05, 0.1) is 29.0 Å². The van der Waals surface area contributed by atoms with E-state index in [0.717, 1.165) is 31.4 Å². The molecule has 5 heteroatoms. The van der Waals surface area contributed by atoms with Crippen LogP contribution in [0.4, 0.5) is 0 Å². The van der Waals surface area contributed by atoms with Gasteiger partial charge in [-0.25, -0.2) is 0 Å². The number of amides is 1. The van der Waals surface area contributed by atoms with Gasteiger partial charge in [0, 0.05) is 6.20 Å². The second-order valence-electron chi connectivity index (χ2n) is 7.15. The summed E-state index contributed by atoms with van der Waals surface area (Å²) in [6.45, 7) is 6.57. The lowest BCUT2D eigenvalue weighted by atomic mass is 9.95. The third kappa shape index (κ3) is 6.15. The van der Waals surface area contributed by atoms with E-state index in [1.807, 2.05) is 36.9 Å². The second-order valence-corrected chi connectivity index (χ2v) is 8.32. The molecule has 0 aromatic carbocycles. The lowest BCUT2D eigenvalue weighted by molar-refractivity contribution is -0.128. The third-order valence-corrected chi connectivity index (χ3v) is 5.46. The molecule has 1 fully saturated rings. The Hall–Kier alpha value is -1.07. The highest BCUT2D eigenvalue weighted by molar-refractivity contribution is 8.00. The molecule has 0 radical (unpaired) electrons. The summed E-state index contributed by atoms with van der Waals surface area (Å²) in [5, 5.41) is 10.0. The Balaban J connectivity index is 1.84. The van der Waals surface area contributed by atoms with E-state index >= 15 is 0 Å². The fourth-order valence-corrected chi connectivity index (χ4v) is 4.24. The van der Waals surface area contributed by atoms with Crippen LogP contribution >= 0.6 is 11.8 Å². The number of pyridine rings is 1. The first-order chi connectivity index (χ1) is 10.8. The van der Waals surface area contributed by atoms with Crippen molar-refractivity contribution in [1.82, 2.24) is 9.88 Å². The van der Waals surface area contributed by atoms with E-state index in [4.69, 9.17) is 0 Å². The van der Waals surface area contributed by atoms with Crippen molar-refractivity contribution in [3.8, 4) is 0 Å². The quantitative estimate of drug-likeness (QED) is 0.790. The molecule has 128 valence electrons. The summed E-state index contributed by atoms with van der Waals surface area (Å²) >= 11 is 1.74. The topological polar surface area (TPSA) is 53.4 Å². The molecule has 0 spiro atoms. The first-order valence-electron chi connectivity index (χ1n) is 8.38. The highest BCUT2D eigenvalue weighted by Gasteiger charge is 2.32. The highest BCUT2D eigenvalue weighted by Crippen LogP contribution is 2.32. The average Bonchev–Trinajstić information content (AvgIpc) is 2.80. The van der Waals surface area contributed by atoms with Crippen LogP contribution < -0.4 is 0 Å². The van der Waals surface area contributed by atoms with Crippen LogP contribution in [0.5, 0.6) is 0 Å². The van der Waals surface area contributed by atoms with E-state index in [2.05, 4.69) is 11.9 Å². The molecule has 2 heterocycles.